The Labute approximate surface area is 115 Å². The molecule has 0 aromatic carbocycles. The molecule has 1 unspecified atom stereocenters. The number of cyclic esters (lactones) is 1. The van der Waals surface area contributed by atoms with Crippen LogP contribution in [0, 0.1) is 17.8 Å². The highest BCUT2D eigenvalue weighted by molar-refractivity contribution is 5.86. The Balaban J connectivity index is 2.05. The standard InChI is InChI=1S/C16H24O3/c1-5-12-9-15(17)19-16(12)18-14-8-11(4)6-7-13(14)10(2)3/h5,9-11,13-14,16H,1,6-8H2,2-4H3/t11-,13+,14-,16?/m1/s1. The summed E-state index contributed by atoms with van der Waals surface area (Å²) >= 11 is 0. The summed E-state index contributed by atoms with van der Waals surface area (Å²) in [6, 6.07) is 0. The summed E-state index contributed by atoms with van der Waals surface area (Å²) in [6.07, 6.45) is 6.22. The van der Waals surface area contributed by atoms with Crippen LogP contribution in [0.15, 0.2) is 24.3 Å². The highest BCUT2D eigenvalue weighted by Crippen LogP contribution is 2.37. The fraction of sp³-hybridized carbons (Fsp3) is 0.688. The Morgan fingerprint density at radius 2 is 2.21 bits per heavy atom. The van der Waals surface area contributed by atoms with Crippen molar-refractivity contribution in [3.05, 3.63) is 24.3 Å². The largest absolute Gasteiger partial charge is 0.428 e. The monoisotopic (exact) mass is 264 g/mol. The van der Waals surface area contributed by atoms with E-state index in [1.54, 1.807) is 6.08 Å². The van der Waals surface area contributed by atoms with Crippen LogP contribution in [0.25, 0.3) is 0 Å². The molecule has 0 spiro atoms. The zero-order chi connectivity index (χ0) is 14.0. The molecular formula is C16H24O3. The first-order valence-electron chi connectivity index (χ1n) is 7.21. The molecule has 1 aliphatic carbocycles. The molecular weight excluding hydrogens is 240 g/mol. The summed E-state index contributed by atoms with van der Waals surface area (Å²) < 4.78 is 11.3. The second kappa shape index (κ2) is 5.91. The molecule has 19 heavy (non-hydrogen) atoms. The van der Waals surface area contributed by atoms with Crippen LogP contribution < -0.4 is 0 Å². The molecule has 1 aliphatic heterocycles. The Morgan fingerprint density at radius 1 is 1.47 bits per heavy atom. The smallest absolute Gasteiger partial charge is 0.333 e. The first-order valence-corrected chi connectivity index (χ1v) is 7.21. The van der Waals surface area contributed by atoms with Gasteiger partial charge in [-0.1, -0.05) is 39.8 Å². The van der Waals surface area contributed by atoms with E-state index in [9.17, 15) is 4.79 Å². The Kier molecular flexibility index (Phi) is 4.46. The maximum atomic E-state index is 11.3. The average Bonchev–Trinajstić information content (AvgIpc) is 2.69. The van der Waals surface area contributed by atoms with E-state index in [2.05, 4.69) is 27.4 Å². The molecule has 0 radical (unpaired) electrons. The van der Waals surface area contributed by atoms with Gasteiger partial charge >= 0.3 is 5.97 Å². The third-order valence-corrected chi connectivity index (χ3v) is 4.28. The number of hydrogen-bond acceptors (Lipinski definition) is 3. The van der Waals surface area contributed by atoms with Crippen LogP contribution in [0.2, 0.25) is 0 Å². The molecule has 106 valence electrons. The molecule has 0 saturated heterocycles. The average molecular weight is 264 g/mol. The Hall–Kier alpha value is -1.09. The van der Waals surface area contributed by atoms with Crippen LogP contribution in [0.5, 0.6) is 0 Å². The van der Waals surface area contributed by atoms with E-state index in [1.807, 2.05) is 0 Å². The van der Waals surface area contributed by atoms with Gasteiger partial charge < -0.3 is 9.47 Å². The molecule has 0 bridgehead atoms. The summed E-state index contributed by atoms with van der Waals surface area (Å²) in [5, 5.41) is 0. The number of rotatable bonds is 4. The maximum Gasteiger partial charge on any atom is 0.333 e. The second-order valence-electron chi connectivity index (χ2n) is 6.12. The van der Waals surface area contributed by atoms with Crippen molar-refractivity contribution in [2.24, 2.45) is 17.8 Å². The lowest BCUT2D eigenvalue weighted by Gasteiger charge is -2.38. The molecule has 2 aliphatic rings. The van der Waals surface area contributed by atoms with Gasteiger partial charge in [-0.3, -0.25) is 0 Å². The van der Waals surface area contributed by atoms with Gasteiger partial charge in [0, 0.05) is 11.6 Å². The molecule has 1 fully saturated rings. The van der Waals surface area contributed by atoms with E-state index in [0.717, 1.165) is 12.0 Å². The predicted octanol–water partition coefficient (Wildman–Crippen LogP) is 3.46. The van der Waals surface area contributed by atoms with Crippen molar-refractivity contribution in [1.82, 2.24) is 0 Å². The lowest BCUT2D eigenvalue weighted by molar-refractivity contribution is -0.180. The number of ether oxygens (including phenoxy) is 2. The van der Waals surface area contributed by atoms with E-state index in [4.69, 9.17) is 9.47 Å². The van der Waals surface area contributed by atoms with Crippen LogP contribution in [-0.2, 0) is 14.3 Å². The third kappa shape index (κ3) is 3.27. The molecule has 3 heteroatoms. The molecule has 0 N–H and O–H groups in total. The van der Waals surface area contributed by atoms with E-state index in [0.29, 0.717) is 17.8 Å². The molecule has 3 nitrogen and oxygen atoms in total. The highest BCUT2D eigenvalue weighted by Gasteiger charge is 2.36. The van der Waals surface area contributed by atoms with Gasteiger partial charge in [-0.15, -0.1) is 0 Å². The van der Waals surface area contributed by atoms with E-state index in [1.165, 1.54) is 18.9 Å². The lowest BCUT2D eigenvalue weighted by atomic mass is 9.75. The van der Waals surface area contributed by atoms with Crippen LogP contribution in [0.4, 0.5) is 0 Å². The number of esters is 1. The van der Waals surface area contributed by atoms with E-state index < -0.39 is 6.29 Å². The van der Waals surface area contributed by atoms with Crippen LogP contribution in [0.1, 0.15) is 40.0 Å². The molecule has 0 aromatic rings. The van der Waals surface area contributed by atoms with Gasteiger partial charge in [-0.05, 0) is 30.6 Å². The zero-order valence-corrected chi connectivity index (χ0v) is 12.1. The number of carbonyl (C=O) groups is 1. The van der Waals surface area contributed by atoms with Gasteiger partial charge in [-0.25, -0.2) is 4.79 Å². The van der Waals surface area contributed by atoms with Crippen molar-refractivity contribution in [3.63, 3.8) is 0 Å². The van der Waals surface area contributed by atoms with Gasteiger partial charge in [0.1, 0.15) is 0 Å². The predicted molar refractivity (Wildman–Crippen MR) is 74.4 cm³/mol. The number of hydrogen-bond donors (Lipinski definition) is 0. The molecule has 4 atom stereocenters. The lowest BCUT2D eigenvalue weighted by Crippen LogP contribution is -2.37. The van der Waals surface area contributed by atoms with Crippen molar-refractivity contribution >= 4 is 5.97 Å². The SMILES string of the molecule is C=CC1=CC(=O)OC1O[C@@H]1C[C@H](C)CC[C@H]1C(C)C. The fourth-order valence-corrected chi connectivity index (χ4v) is 3.10. The van der Waals surface area contributed by atoms with Crippen molar-refractivity contribution in [2.75, 3.05) is 0 Å². The van der Waals surface area contributed by atoms with Crippen LogP contribution in [0.3, 0.4) is 0 Å². The summed E-state index contributed by atoms with van der Waals surface area (Å²) in [6.45, 7) is 10.4. The van der Waals surface area contributed by atoms with Crippen LogP contribution in [-0.4, -0.2) is 18.4 Å². The van der Waals surface area contributed by atoms with Crippen molar-refractivity contribution in [2.45, 2.75) is 52.4 Å². The summed E-state index contributed by atoms with van der Waals surface area (Å²) in [5.74, 6) is 1.48. The Morgan fingerprint density at radius 3 is 2.84 bits per heavy atom. The minimum absolute atomic E-state index is 0.169. The second-order valence-corrected chi connectivity index (χ2v) is 6.12. The van der Waals surface area contributed by atoms with E-state index >= 15 is 0 Å². The van der Waals surface area contributed by atoms with Crippen molar-refractivity contribution in [1.29, 1.82) is 0 Å². The topological polar surface area (TPSA) is 35.5 Å². The van der Waals surface area contributed by atoms with Crippen LogP contribution >= 0.6 is 0 Å². The van der Waals surface area contributed by atoms with Gasteiger partial charge in [0.2, 0.25) is 6.29 Å². The molecule has 0 amide bonds. The maximum absolute atomic E-state index is 11.3. The van der Waals surface area contributed by atoms with Crippen molar-refractivity contribution in [3.8, 4) is 0 Å². The summed E-state index contributed by atoms with van der Waals surface area (Å²) in [7, 11) is 0. The molecule has 0 aromatic heterocycles. The normalized spacial score (nSPS) is 35.2. The minimum Gasteiger partial charge on any atom is -0.428 e. The molecule has 2 rings (SSSR count). The quantitative estimate of drug-likeness (QED) is 0.729. The van der Waals surface area contributed by atoms with Crippen molar-refractivity contribution < 1.29 is 14.3 Å². The highest BCUT2D eigenvalue weighted by atomic mass is 16.7. The van der Waals surface area contributed by atoms with Gasteiger partial charge in [0.15, 0.2) is 0 Å². The molecule has 1 saturated carbocycles. The fourth-order valence-electron chi connectivity index (χ4n) is 3.10. The zero-order valence-electron chi connectivity index (χ0n) is 12.1. The minimum atomic E-state index is -0.554. The first kappa shape index (κ1) is 14.3. The molecule has 1 heterocycles. The first-order chi connectivity index (χ1) is 9.01. The number of carbonyl (C=O) groups excluding carboxylic acids is 1. The third-order valence-electron chi connectivity index (χ3n) is 4.28. The van der Waals surface area contributed by atoms with Gasteiger partial charge in [-0.2, -0.15) is 0 Å². The van der Waals surface area contributed by atoms with Gasteiger partial charge in [0.25, 0.3) is 0 Å². The van der Waals surface area contributed by atoms with E-state index in [-0.39, 0.29) is 12.1 Å². The summed E-state index contributed by atoms with van der Waals surface area (Å²) in [5.41, 5.74) is 0.741. The summed E-state index contributed by atoms with van der Waals surface area (Å²) in [4.78, 5) is 11.3. The van der Waals surface area contributed by atoms with Gasteiger partial charge in [0.05, 0.1) is 6.10 Å². The Bertz CT molecular complexity index is 383.